The van der Waals surface area contributed by atoms with Crippen molar-refractivity contribution in [3.63, 3.8) is 0 Å². The van der Waals surface area contributed by atoms with Crippen LogP contribution < -0.4 is 0 Å². The highest BCUT2D eigenvalue weighted by molar-refractivity contribution is 7.80. The van der Waals surface area contributed by atoms with E-state index in [4.69, 9.17) is 4.74 Å². The molecular weight excluding hydrogens is 416 g/mol. The van der Waals surface area contributed by atoms with Crippen LogP contribution in [0.5, 0.6) is 0 Å². The van der Waals surface area contributed by atoms with E-state index in [1.54, 1.807) is 0 Å². The molecule has 3 heteroatoms. The van der Waals surface area contributed by atoms with Gasteiger partial charge in [0, 0.05) is 13.2 Å². The lowest BCUT2D eigenvalue weighted by atomic mass is 10.1. The molecule has 188 valence electrons. The first kappa shape index (κ1) is 31.7. The Kier molecular flexibility index (Phi) is 31.3. The van der Waals surface area contributed by atoms with Crippen LogP contribution >= 0.6 is 25.3 Å². The van der Waals surface area contributed by atoms with Crippen molar-refractivity contribution in [2.24, 2.45) is 0 Å². The highest BCUT2D eigenvalue weighted by Crippen LogP contribution is 2.13. The summed E-state index contributed by atoms with van der Waals surface area (Å²) in [5.74, 6) is 2.12. The zero-order chi connectivity index (χ0) is 22.5. The second-order valence-corrected chi connectivity index (χ2v) is 10.4. The number of thiol groups is 2. The summed E-state index contributed by atoms with van der Waals surface area (Å²) in [5, 5.41) is 0. The molecule has 0 fully saturated rings. The van der Waals surface area contributed by atoms with Crippen molar-refractivity contribution in [1.29, 1.82) is 0 Å². The number of rotatable bonds is 28. The van der Waals surface area contributed by atoms with E-state index in [-0.39, 0.29) is 0 Å². The molecule has 0 N–H and O–H groups in total. The average Bonchev–Trinajstić information content (AvgIpc) is 2.78. The Morgan fingerprint density at radius 3 is 0.677 bits per heavy atom. The maximum absolute atomic E-state index is 5.82. The third-order valence-corrected chi connectivity index (χ3v) is 7.03. The van der Waals surface area contributed by atoms with Gasteiger partial charge in [-0.25, -0.2) is 0 Å². The second kappa shape index (κ2) is 30.7. The summed E-state index contributed by atoms with van der Waals surface area (Å²) in [7, 11) is 0. The molecule has 0 heterocycles. The van der Waals surface area contributed by atoms with Gasteiger partial charge in [-0.15, -0.1) is 0 Å². The van der Waals surface area contributed by atoms with Gasteiger partial charge in [0.05, 0.1) is 0 Å². The van der Waals surface area contributed by atoms with Gasteiger partial charge in [0.15, 0.2) is 0 Å². The van der Waals surface area contributed by atoms with Crippen molar-refractivity contribution in [3.8, 4) is 0 Å². The normalized spacial score (nSPS) is 11.4. The molecule has 31 heavy (non-hydrogen) atoms. The molecule has 0 aromatic rings. The maximum Gasteiger partial charge on any atom is 0.0466 e. The lowest BCUT2D eigenvalue weighted by Gasteiger charge is -2.05. The fourth-order valence-corrected chi connectivity index (χ4v) is 4.72. The molecule has 0 aliphatic rings. The molecule has 0 amide bonds. The standard InChI is InChI=1S/C28H58OS2/c30-27-23-19-15-11-7-3-1-5-9-13-17-21-25-29-26-22-18-14-10-6-2-4-8-12-16-20-24-28-31/h30-31H,1-28H2. The van der Waals surface area contributed by atoms with Crippen LogP contribution in [0.25, 0.3) is 0 Å². The van der Waals surface area contributed by atoms with Crippen LogP contribution in [0, 0.1) is 0 Å². The molecule has 0 aliphatic carbocycles. The van der Waals surface area contributed by atoms with Crippen molar-refractivity contribution in [1.82, 2.24) is 0 Å². The van der Waals surface area contributed by atoms with Crippen LogP contribution in [0.15, 0.2) is 0 Å². The van der Waals surface area contributed by atoms with Gasteiger partial charge < -0.3 is 4.74 Å². The van der Waals surface area contributed by atoms with Crippen LogP contribution in [-0.4, -0.2) is 24.7 Å². The second-order valence-electron chi connectivity index (χ2n) is 9.54. The number of ether oxygens (including phenoxy) is 1. The molecule has 0 radical (unpaired) electrons. The van der Waals surface area contributed by atoms with Crippen LogP contribution in [0.1, 0.15) is 154 Å². The number of hydrogen-bond acceptors (Lipinski definition) is 3. The number of hydrogen-bond donors (Lipinski definition) is 2. The van der Waals surface area contributed by atoms with E-state index in [0.29, 0.717) is 0 Å². The van der Waals surface area contributed by atoms with Gasteiger partial charge in [-0.3, -0.25) is 0 Å². The first-order valence-electron chi connectivity index (χ1n) is 14.2. The third-order valence-electron chi connectivity index (χ3n) is 6.39. The summed E-state index contributed by atoms with van der Waals surface area (Å²) < 4.78 is 5.82. The number of unbranched alkanes of at least 4 members (excludes halogenated alkanes) is 22. The van der Waals surface area contributed by atoms with Gasteiger partial charge in [0.25, 0.3) is 0 Å². The monoisotopic (exact) mass is 474 g/mol. The summed E-state index contributed by atoms with van der Waals surface area (Å²) in [6, 6.07) is 0. The average molecular weight is 475 g/mol. The predicted octanol–water partition coefficient (Wildman–Crippen LogP) is 10.2. The van der Waals surface area contributed by atoms with Crippen LogP contribution in [-0.2, 0) is 4.74 Å². The molecular formula is C28H58OS2. The molecule has 0 rings (SSSR count). The molecule has 0 saturated heterocycles. The summed E-state index contributed by atoms with van der Waals surface area (Å²) in [6.45, 7) is 1.97. The van der Waals surface area contributed by atoms with Gasteiger partial charge >= 0.3 is 0 Å². The zero-order valence-corrected chi connectivity index (χ0v) is 22.9. The maximum atomic E-state index is 5.82. The van der Waals surface area contributed by atoms with Crippen molar-refractivity contribution < 1.29 is 4.74 Å². The Balaban J connectivity index is 2.98. The summed E-state index contributed by atoms with van der Waals surface area (Å²) in [4.78, 5) is 0. The third kappa shape index (κ3) is 30.7. The van der Waals surface area contributed by atoms with E-state index >= 15 is 0 Å². The summed E-state index contributed by atoms with van der Waals surface area (Å²) >= 11 is 8.54. The Labute approximate surface area is 208 Å². The summed E-state index contributed by atoms with van der Waals surface area (Å²) in [5.41, 5.74) is 0. The molecule has 0 saturated carbocycles. The van der Waals surface area contributed by atoms with Gasteiger partial charge in [-0.1, -0.05) is 128 Å². The van der Waals surface area contributed by atoms with E-state index in [0.717, 1.165) is 24.7 Å². The van der Waals surface area contributed by atoms with Gasteiger partial charge in [-0.05, 0) is 37.2 Å². The van der Waals surface area contributed by atoms with E-state index in [1.807, 2.05) is 0 Å². The highest BCUT2D eigenvalue weighted by atomic mass is 32.1. The first-order valence-corrected chi connectivity index (χ1v) is 15.5. The van der Waals surface area contributed by atoms with Crippen LogP contribution in [0.4, 0.5) is 0 Å². The van der Waals surface area contributed by atoms with Crippen LogP contribution in [0.2, 0.25) is 0 Å². The highest BCUT2D eigenvalue weighted by Gasteiger charge is 1.96. The van der Waals surface area contributed by atoms with Gasteiger partial charge in [0.1, 0.15) is 0 Å². The summed E-state index contributed by atoms with van der Waals surface area (Å²) in [6.07, 6.45) is 33.5. The molecule has 1 nitrogen and oxygen atoms in total. The minimum Gasteiger partial charge on any atom is -0.381 e. The van der Waals surface area contributed by atoms with Crippen molar-refractivity contribution >= 4 is 25.3 Å². The van der Waals surface area contributed by atoms with Crippen molar-refractivity contribution in [2.45, 2.75) is 154 Å². The van der Waals surface area contributed by atoms with E-state index in [2.05, 4.69) is 25.3 Å². The lowest BCUT2D eigenvalue weighted by molar-refractivity contribution is 0.125. The largest absolute Gasteiger partial charge is 0.381 e. The van der Waals surface area contributed by atoms with E-state index in [9.17, 15) is 0 Å². The molecule has 0 atom stereocenters. The van der Waals surface area contributed by atoms with E-state index in [1.165, 1.54) is 154 Å². The Morgan fingerprint density at radius 2 is 0.452 bits per heavy atom. The lowest BCUT2D eigenvalue weighted by Crippen LogP contribution is -1.97. The fraction of sp³-hybridized carbons (Fsp3) is 1.00. The molecule has 0 spiro atoms. The Hall–Kier alpha value is 0.660. The Morgan fingerprint density at radius 1 is 0.258 bits per heavy atom. The smallest absolute Gasteiger partial charge is 0.0466 e. The quantitative estimate of drug-likeness (QED) is 0.0846. The fourth-order valence-electron chi connectivity index (χ4n) is 4.27. The van der Waals surface area contributed by atoms with Crippen molar-refractivity contribution in [2.75, 3.05) is 24.7 Å². The first-order chi connectivity index (χ1) is 15.4. The molecule has 0 unspecified atom stereocenters. The van der Waals surface area contributed by atoms with Crippen LogP contribution in [0.3, 0.4) is 0 Å². The zero-order valence-electron chi connectivity index (χ0n) is 21.1. The molecule has 0 aromatic carbocycles. The SMILES string of the molecule is SCCCCCCCCCCCCCCOCCCCCCCCCCCCCCS. The minimum absolute atomic E-state index is 0.986. The van der Waals surface area contributed by atoms with Gasteiger partial charge in [-0.2, -0.15) is 25.3 Å². The van der Waals surface area contributed by atoms with Crippen molar-refractivity contribution in [3.05, 3.63) is 0 Å². The Bertz CT molecular complexity index is 271. The minimum atomic E-state index is 0.986. The molecule has 0 aliphatic heterocycles. The predicted molar refractivity (Wildman–Crippen MR) is 149 cm³/mol. The molecule has 0 bridgehead atoms. The van der Waals surface area contributed by atoms with E-state index < -0.39 is 0 Å². The van der Waals surface area contributed by atoms with Gasteiger partial charge in [0.2, 0.25) is 0 Å². The topological polar surface area (TPSA) is 9.23 Å². The molecule has 0 aromatic heterocycles.